The monoisotopic (exact) mass is 360 g/mol. The fourth-order valence-electron chi connectivity index (χ4n) is 2.60. The number of hydrogen-bond donors (Lipinski definition) is 0. The third kappa shape index (κ3) is 2.81. The van der Waals surface area contributed by atoms with Crippen molar-refractivity contribution in [1.82, 2.24) is 5.01 Å². The molecule has 1 aliphatic rings. The zero-order valence-electron chi connectivity index (χ0n) is 12.0. The molecule has 2 aromatic rings. The van der Waals surface area contributed by atoms with E-state index < -0.39 is 6.04 Å². The highest BCUT2D eigenvalue weighted by atomic mass is 79.9. The Balaban J connectivity index is 1.96. The number of carbonyl (C=O) groups excluding carboxylic acids is 1. The predicted octanol–water partition coefficient (Wildman–Crippen LogP) is 4.29. The molecule has 1 atom stereocenters. The van der Waals surface area contributed by atoms with E-state index in [2.05, 4.69) is 21.0 Å². The maximum atomic E-state index is 14.1. The van der Waals surface area contributed by atoms with Gasteiger partial charge in [0, 0.05) is 23.4 Å². The van der Waals surface area contributed by atoms with Crippen molar-refractivity contribution in [2.45, 2.75) is 19.4 Å². The highest BCUT2D eigenvalue weighted by molar-refractivity contribution is 9.10. The maximum Gasteiger partial charge on any atom is 0.240 e. The molecule has 1 amide bonds. The summed E-state index contributed by atoms with van der Waals surface area (Å²) in [5.74, 6) is -0.508. The zero-order valence-corrected chi connectivity index (χ0v) is 13.5. The van der Waals surface area contributed by atoms with Crippen molar-refractivity contribution >= 4 is 27.5 Å². The largest absolute Gasteiger partial charge is 0.273 e. The Bertz CT molecular complexity index is 743. The van der Waals surface area contributed by atoms with Gasteiger partial charge in [0.1, 0.15) is 5.82 Å². The average Bonchev–Trinajstić information content (AvgIpc) is 2.93. The van der Waals surface area contributed by atoms with Gasteiger partial charge in [-0.2, -0.15) is 5.10 Å². The number of nitrogens with zero attached hydrogens (tertiary/aromatic N) is 2. The molecule has 3 rings (SSSR count). The molecule has 0 saturated carbocycles. The molecule has 22 heavy (non-hydrogen) atoms. The van der Waals surface area contributed by atoms with Crippen LogP contribution in [0.4, 0.5) is 4.39 Å². The molecule has 2 aromatic carbocycles. The van der Waals surface area contributed by atoms with Crippen molar-refractivity contribution in [1.29, 1.82) is 0 Å². The summed E-state index contributed by atoms with van der Waals surface area (Å²) in [6.07, 6.45) is 0.502. The van der Waals surface area contributed by atoms with E-state index in [9.17, 15) is 9.18 Å². The lowest BCUT2D eigenvalue weighted by Gasteiger charge is -2.20. The van der Waals surface area contributed by atoms with Crippen LogP contribution in [0.2, 0.25) is 0 Å². The molecule has 0 fully saturated rings. The summed E-state index contributed by atoms with van der Waals surface area (Å²) >= 11 is 3.39. The van der Waals surface area contributed by atoms with Crippen LogP contribution < -0.4 is 0 Å². The summed E-state index contributed by atoms with van der Waals surface area (Å²) < 4.78 is 15.0. The predicted molar refractivity (Wildman–Crippen MR) is 87.0 cm³/mol. The molecule has 0 spiro atoms. The maximum absolute atomic E-state index is 14.1. The molecule has 0 aliphatic carbocycles. The Labute approximate surface area is 136 Å². The average molecular weight is 361 g/mol. The van der Waals surface area contributed by atoms with Gasteiger partial charge in [0.15, 0.2) is 0 Å². The first-order valence-electron chi connectivity index (χ1n) is 6.94. The van der Waals surface area contributed by atoms with Gasteiger partial charge in [-0.25, -0.2) is 9.40 Å². The second kappa shape index (κ2) is 6.01. The van der Waals surface area contributed by atoms with Gasteiger partial charge in [-0.3, -0.25) is 4.79 Å². The number of hydrogen-bond acceptors (Lipinski definition) is 2. The van der Waals surface area contributed by atoms with E-state index in [1.165, 1.54) is 18.0 Å². The lowest BCUT2D eigenvalue weighted by atomic mass is 9.98. The zero-order chi connectivity index (χ0) is 15.7. The van der Waals surface area contributed by atoms with E-state index >= 15 is 0 Å². The molecule has 0 bridgehead atoms. The second-order valence-corrected chi connectivity index (χ2v) is 6.07. The fraction of sp³-hybridized carbons (Fsp3) is 0.176. The van der Waals surface area contributed by atoms with E-state index in [1.54, 1.807) is 18.2 Å². The highest BCUT2D eigenvalue weighted by Gasteiger charge is 2.32. The van der Waals surface area contributed by atoms with Crippen LogP contribution in [-0.4, -0.2) is 16.6 Å². The lowest BCUT2D eigenvalue weighted by Crippen LogP contribution is -2.25. The molecule has 112 valence electrons. The minimum absolute atomic E-state index is 0.194. The van der Waals surface area contributed by atoms with Gasteiger partial charge >= 0.3 is 0 Å². The Hall–Kier alpha value is -2.01. The van der Waals surface area contributed by atoms with Crippen molar-refractivity contribution in [3.05, 3.63) is 69.9 Å². The molecule has 1 heterocycles. The van der Waals surface area contributed by atoms with Crippen LogP contribution in [-0.2, 0) is 4.79 Å². The standard InChI is InChI=1S/C17H14BrFN2O/c1-11(22)21-17(14-4-2-3-5-15(14)19)10-16(20-21)12-6-8-13(18)9-7-12/h2-9,17H,10H2,1H3. The number of rotatable bonds is 2. The Morgan fingerprint density at radius 1 is 1.23 bits per heavy atom. The topological polar surface area (TPSA) is 32.7 Å². The van der Waals surface area contributed by atoms with Crippen molar-refractivity contribution in [3.63, 3.8) is 0 Å². The van der Waals surface area contributed by atoms with Crippen LogP contribution in [0.1, 0.15) is 30.5 Å². The first kappa shape index (κ1) is 14.9. The van der Waals surface area contributed by atoms with E-state index in [0.29, 0.717) is 12.0 Å². The molecule has 0 aromatic heterocycles. The molecule has 0 N–H and O–H groups in total. The Morgan fingerprint density at radius 3 is 2.55 bits per heavy atom. The molecule has 0 saturated heterocycles. The third-order valence-electron chi connectivity index (χ3n) is 3.67. The van der Waals surface area contributed by atoms with E-state index in [4.69, 9.17) is 0 Å². The van der Waals surface area contributed by atoms with Gasteiger partial charge in [-0.1, -0.05) is 46.3 Å². The van der Waals surface area contributed by atoms with Gasteiger partial charge in [0.25, 0.3) is 0 Å². The minimum Gasteiger partial charge on any atom is -0.273 e. The Morgan fingerprint density at radius 2 is 1.91 bits per heavy atom. The molecule has 1 aliphatic heterocycles. The van der Waals surface area contributed by atoms with Crippen LogP contribution in [0.5, 0.6) is 0 Å². The molecule has 5 heteroatoms. The van der Waals surface area contributed by atoms with Crippen molar-refractivity contribution < 1.29 is 9.18 Å². The number of benzene rings is 2. The molecule has 3 nitrogen and oxygen atoms in total. The van der Waals surface area contributed by atoms with Gasteiger partial charge in [-0.05, 0) is 23.8 Å². The van der Waals surface area contributed by atoms with Crippen LogP contribution in [0.15, 0.2) is 58.1 Å². The highest BCUT2D eigenvalue weighted by Crippen LogP contribution is 2.34. The third-order valence-corrected chi connectivity index (χ3v) is 4.20. The summed E-state index contributed by atoms with van der Waals surface area (Å²) in [4.78, 5) is 11.9. The first-order chi connectivity index (χ1) is 10.6. The number of halogens is 2. The summed E-state index contributed by atoms with van der Waals surface area (Å²) in [5, 5.41) is 5.78. The van der Waals surface area contributed by atoms with Gasteiger partial charge in [0.05, 0.1) is 11.8 Å². The van der Waals surface area contributed by atoms with Crippen LogP contribution >= 0.6 is 15.9 Å². The van der Waals surface area contributed by atoms with Crippen molar-refractivity contribution in [3.8, 4) is 0 Å². The smallest absolute Gasteiger partial charge is 0.240 e. The summed E-state index contributed by atoms with van der Waals surface area (Å²) in [6, 6.07) is 13.9. The Kier molecular flexibility index (Phi) is 4.07. The lowest BCUT2D eigenvalue weighted by molar-refractivity contribution is -0.130. The quantitative estimate of drug-likeness (QED) is 0.786. The first-order valence-corrected chi connectivity index (χ1v) is 7.73. The van der Waals surface area contributed by atoms with Crippen LogP contribution in [0.25, 0.3) is 0 Å². The SMILES string of the molecule is CC(=O)N1N=C(c2ccc(Br)cc2)CC1c1ccccc1F. The normalized spacial score (nSPS) is 17.5. The van der Waals surface area contributed by atoms with Gasteiger partial charge in [0.2, 0.25) is 5.91 Å². The van der Waals surface area contributed by atoms with E-state index in [1.807, 2.05) is 24.3 Å². The minimum atomic E-state index is -0.391. The number of hydrazone groups is 1. The van der Waals surface area contributed by atoms with E-state index in [-0.39, 0.29) is 11.7 Å². The van der Waals surface area contributed by atoms with Crippen molar-refractivity contribution in [2.75, 3.05) is 0 Å². The molecular formula is C17H14BrFN2O. The van der Waals surface area contributed by atoms with Crippen LogP contribution in [0, 0.1) is 5.82 Å². The summed E-state index contributed by atoms with van der Waals surface area (Å²) in [7, 11) is 0. The van der Waals surface area contributed by atoms with E-state index in [0.717, 1.165) is 15.7 Å². The summed E-state index contributed by atoms with van der Waals surface area (Å²) in [5.41, 5.74) is 2.22. The molecular weight excluding hydrogens is 347 g/mol. The number of carbonyl (C=O) groups is 1. The van der Waals surface area contributed by atoms with Crippen molar-refractivity contribution in [2.24, 2.45) is 5.10 Å². The molecule has 1 unspecified atom stereocenters. The molecule has 0 radical (unpaired) electrons. The van der Waals surface area contributed by atoms with Gasteiger partial charge < -0.3 is 0 Å². The van der Waals surface area contributed by atoms with Gasteiger partial charge in [-0.15, -0.1) is 0 Å². The number of amides is 1. The summed E-state index contributed by atoms with van der Waals surface area (Å²) in [6.45, 7) is 1.45. The second-order valence-electron chi connectivity index (χ2n) is 5.16. The van der Waals surface area contributed by atoms with Crippen LogP contribution in [0.3, 0.4) is 0 Å². The fourth-order valence-corrected chi connectivity index (χ4v) is 2.87.